The van der Waals surface area contributed by atoms with E-state index in [0.29, 0.717) is 94.0 Å². The summed E-state index contributed by atoms with van der Waals surface area (Å²) < 4.78 is 99.8. The van der Waals surface area contributed by atoms with Crippen molar-refractivity contribution in [3.63, 3.8) is 0 Å². The van der Waals surface area contributed by atoms with Crippen LogP contribution in [0.4, 0.5) is 42.4 Å². The van der Waals surface area contributed by atoms with E-state index in [1.165, 1.54) is 19.3 Å². The Labute approximate surface area is 506 Å². The molecule has 472 valence electrons. The predicted molar refractivity (Wildman–Crippen MR) is 301 cm³/mol. The van der Waals surface area contributed by atoms with Gasteiger partial charge < -0.3 is 30.7 Å². The SMILES string of the molecule is C1CC1.CCN1C(=O)CC(C2CC2)c2c(C(=O)N3C(C#N)CC4CC43)nn(C3CCOCC3)c21.CCN1C(=O)CCc2c(C(=O)N3C(C#N)CC4CC43)nn(C3CCOCC3)c21.NC(=O)c1cccc(C(F)(F)F)c1F.NC(=O)c1cnc(C(F)(F)F)s1. The van der Waals surface area contributed by atoms with Crippen molar-refractivity contribution in [3.8, 4) is 12.1 Å². The van der Waals surface area contributed by atoms with Gasteiger partial charge in [-0.25, -0.2) is 18.7 Å². The largest absolute Gasteiger partial charge is 0.443 e. The highest BCUT2D eigenvalue weighted by molar-refractivity contribution is 7.13. The van der Waals surface area contributed by atoms with E-state index in [-0.39, 0.29) is 82.0 Å². The molecule has 0 radical (unpaired) electrons. The topological polar surface area (TPSA) is 282 Å². The summed E-state index contributed by atoms with van der Waals surface area (Å²) in [7, 11) is 0. The lowest BCUT2D eigenvalue weighted by molar-refractivity contribution is -0.140. The summed E-state index contributed by atoms with van der Waals surface area (Å²) in [4.78, 5) is 83.8. The van der Waals surface area contributed by atoms with Gasteiger partial charge in [-0.2, -0.15) is 47.1 Å². The van der Waals surface area contributed by atoms with Crippen molar-refractivity contribution in [2.24, 2.45) is 29.2 Å². The molecule has 14 rings (SSSR count). The molecule has 4 N–H and O–H groups in total. The third kappa shape index (κ3) is 13.3. The first-order chi connectivity index (χ1) is 42.0. The first-order valence-corrected chi connectivity index (χ1v) is 30.7. The first kappa shape index (κ1) is 63.5. The highest BCUT2D eigenvalue weighted by Gasteiger charge is 2.57. The fourth-order valence-corrected chi connectivity index (χ4v) is 13.3. The highest BCUT2D eigenvalue weighted by Crippen LogP contribution is 2.54. The number of halogens is 7. The van der Waals surface area contributed by atoms with Gasteiger partial charge in [0.05, 0.1) is 41.5 Å². The first-order valence-electron chi connectivity index (χ1n) is 29.9. The van der Waals surface area contributed by atoms with Crippen LogP contribution in [0.1, 0.15) is 191 Å². The van der Waals surface area contributed by atoms with Crippen LogP contribution in [0.5, 0.6) is 0 Å². The maximum Gasteiger partial charge on any atom is 0.443 e. The van der Waals surface area contributed by atoms with Crippen LogP contribution in [-0.4, -0.2) is 133 Å². The number of nitrogens with two attached hydrogens (primary N) is 2. The summed E-state index contributed by atoms with van der Waals surface area (Å²) in [5.74, 6) is -0.693. The Kier molecular flexibility index (Phi) is 18.7. The molecule has 4 aromatic rings. The number of rotatable bonds is 9. The second kappa shape index (κ2) is 25.9. The van der Waals surface area contributed by atoms with Crippen molar-refractivity contribution < 1.29 is 69.0 Å². The van der Waals surface area contributed by atoms with Gasteiger partial charge in [0.25, 0.3) is 23.6 Å². The Bertz CT molecular complexity index is 3410. The van der Waals surface area contributed by atoms with E-state index in [1.807, 2.05) is 28.1 Å². The zero-order valence-corrected chi connectivity index (χ0v) is 49.3. The Hall–Kier alpha value is -7.50. The number of hydrogen-bond donors (Lipinski definition) is 2. The fraction of sp³-hybridized carbons (Fsp3) is 0.610. The Balaban J connectivity index is 0.000000136. The van der Waals surface area contributed by atoms with Gasteiger partial charge in [0.2, 0.25) is 11.8 Å². The van der Waals surface area contributed by atoms with Gasteiger partial charge in [0.1, 0.15) is 34.4 Å². The minimum Gasteiger partial charge on any atom is -0.381 e. The number of anilines is 2. The number of carbonyl (C=O) groups is 6. The van der Waals surface area contributed by atoms with Crippen LogP contribution in [0.2, 0.25) is 0 Å². The van der Waals surface area contributed by atoms with Crippen molar-refractivity contribution in [1.29, 1.82) is 10.5 Å². The molecule has 1 aromatic carbocycles. The van der Waals surface area contributed by atoms with Gasteiger partial charge in [0.15, 0.2) is 16.4 Å². The lowest BCUT2D eigenvalue weighted by Gasteiger charge is -2.34. The normalized spacial score (nSPS) is 25.1. The maximum absolute atomic E-state index is 13.9. The number of hydrogen-bond acceptors (Lipinski definition) is 14. The molecule has 0 spiro atoms. The van der Waals surface area contributed by atoms with Crippen LogP contribution in [0.25, 0.3) is 0 Å². The average molecular weight is 1250 g/mol. The predicted octanol–water partition coefficient (Wildman–Crippen LogP) is 8.65. The van der Waals surface area contributed by atoms with E-state index >= 15 is 0 Å². The zero-order chi connectivity index (χ0) is 63.1. The van der Waals surface area contributed by atoms with Gasteiger partial charge >= 0.3 is 12.4 Å². The number of aromatic nitrogens is 5. The number of benzene rings is 1. The van der Waals surface area contributed by atoms with Crippen LogP contribution in [-0.2, 0) is 37.8 Å². The summed E-state index contributed by atoms with van der Waals surface area (Å²) in [5, 5.41) is 27.8. The lowest BCUT2D eigenvalue weighted by atomic mass is 9.86. The van der Waals surface area contributed by atoms with Gasteiger partial charge in [-0.05, 0) is 114 Å². The average Bonchev–Trinajstić information content (AvgIpc) is 1.76. The van der Waals surface area contributed by atoms with Gasteiger partial charge in [0, 0.05) is 81.5 Å². The molecule has 6 amide bonds. The summed E-state index contributed by atoms with van der Waals surface area (Å²) in [5.41, 5.74) is 9.95. The number of piperidine rings is 2. The fourth-order valence-electron chi connectivity index (χ4n) is 12.7. The van der Waals surface area contributed by atoms with Crippen molar-refractivity contribution in [2.45, 2.75) is 171 Å². The van der Waals surface area contributed by atoms with Crippen LogP contribution < -0.4 is 21.3 Å². The number of alkyl halides is 6. The third-order valence-corrected chi connectivity index (χ3v) is 18.6. The summed E-state index contributed by atoms with van der Waals surface area (Å²) in [6, 6.07) is 6.92. The minimum atomic E-state index is -4.82. The molecule has 29 heteroatoms. The number of ether oxygens (including phenoxy) is 2. The maximum atomic E-state index is 13.9. The smallest absolute Gasteiger partial charge is 0.381 e. The molecule has 88 heavy (non-hydrogen) atoms. The molecule has 8 fully saturated rings. The second-order valence-electron chi connectivity index (χ2n) is 23.5. The summed E-state index contributed by atoms with van der Waals surface area (Å²) in [6.07, 6.45) is 6.44. The van der Waals surface area contributed by atoms with Gasteiger partial charge in [-0.15, -0.1) is 11.3 Å². The zero-order valence-electron chi connectivity index (χ0n) is 48.5. The standard InChI is InChI=1S/C23H29N5O3.C20H25N5O3.C8H5F4NO.C5H3F3N2OS.C3H6/c1-2-26-19(29)11-17(13-3-4-13)20-21(23(30)27-16(12-24)9-14-10-18(14)27)25-28(22(20)26)15-5-7-31-8-6-15;1-2-23-17(26)4-3-15-18(20(27)24-14(11-21)9-12-10-16(12)24)22-25(19(15)23)13-5-7-28-8-6-13;9-6-4(7(13)14)2-1-3-5(6)8(10,11)12;6-5(7,8)4-10-1-2(12-4)3(9)11;1-2-3-1/h13-18H,2-11H2,1H3;12-14,16H,2-10H2,1H3;1-3H,(H2,13,14);1H,(H2,9,11);1-3H2. The van der Waals surface area contributed by atoms with E-state index in [2.05, 4.69) is 22.9 Å². The Morgan fingerprint density at radius 2 is 1.20 bits per heavy atom. The summed E-state index contributed by atoms with van der Waals surface area (Å²) >= 11 is 0.237. The Morgan fingerprint density at radius 1 is 0.682 bits per heavy atom. The van der Waals surface area contributed by atoms with Crippen molar-refractivity contribution in [3.05, 3.63) is 73.7 Å². The van der Waals surface area contributed by atoms with Crippen LogP contribution in [0.3, 0.4) is 0 Å². The minimum absolute atomic E-state index is 0.0657. The molecule has 9 heterocycles. The van der Waals surface area contributed by atoms with Crippen LogP contribution in [0, 0.1) is 46.2 Å². The quantitative estimate of drug-likeness (QED) is 0.149. The highest BCUT2D eigenvalue weighted by atomic mass is 32.1. The third-order valence-electron chi connectivity index (χ3n) is 17.6. The van der Waals surface area contributed by atoms with E-state index in [0.717, 1.165) is 105 Å². The number of amides is 6. The number of carbonyl (C=O) groups excluding carboxylic acids is 6. The van der Waals surface area contributed by atoms with E-state index in [1.54, 1.807) is 14.7 Å². The molecule has 7 atom stereocenters. The lowest BCUT2D eigenvalue weighted by Crippen LogP contribution is -2.40. The molecule has 6 aliphatic heterocycles. The van der Waals surface area contributed by atoms with E-state index in [9.17, 15) is 70.0 Å². The number of primary amides is 2. The molecule has 0 bridgehead atoms. The van der Waals surface area contributed by atoms with Crippen molar-refractivity contribution in [2.75, 3.05) is 49.3 Å². The number of nitriles is 2. The van der Waals surface area contributed by atoms with Crippen molar-refractivity contribution >= 4 is 58.4 Å². The number of fused-ring (bicyclic) bond motifs is 4. The van der Waals surface area contributed by atoms with Gasteiger partial charge in [-0.1, -0.05) is 25.3 Å². The number of nitrogens with zero attached hydrogens (tertiary/aromatic N) is 11. The van der Waals surface area contributed by atoms with Crippen LogP contribution >= 0.6 is 11.3 Å². The molecule has 4 aliphatic carbocycles. The molecule has 4 saturated heterocycles. The van der Waals surface area contributed by atoms with E-state index < -0.39 is 46.1 Å². The molecular weight excluding hydrogens is 1180 g/mol. The Morgan fingerprint density at radius 3 is 1.66 bits per heavy atom. The molecule has 3 aromatic heterocycles. The van der Waals surface area contributed by atoms with Crippen molar-refractivity contribution in [1.82, 2.24) is 34.3 Å². The molecule has 10 aliphatic rings. The number of likely N-dealkylation sites (tertiary alicyclic amines) is 2. The van der Waals surface area contributed by atoms with E-state index in [4.69, 9.17) is 25.4 Å². The monoisotopic (exact) mass is 1250 g/mol. The van der Waals surface area contributed by atoms with Gasteiger partial charge in [-0.3, -0.25) is 38.6 Å². The molecule has 4 saturated carbocycles. The molecule has 21 nitrogen and oxygen atoms in total. The van der Waals surface area contributed by atoms with Crippen LogP contribution in [0.15, 0.2) is 24.4 Å². The molecule has 7 unspecified atom stereocenters. The summed E-state index contributed by atoms with van der Waals surface area (Å²) in [6.45, 7) is 7.73. The second-order valence-corrected chi connectivity index (χ2v) is 24.6. The number of thiazole rings is 1. The molecular formula is C59H68F7N13O8S.